The number of hydrogen-bond acceptors (Lipinski definition) is 7. The third-order valence-corrected chi connectivity index (χ3v) is 3.89. The monoisotopic (exact) mass is 353 g/mol. The van der Waals surface area contributed by atoms with Gasteiger partial charge in [-0.3, -0.25) is 0 Å². The smallest absolute Gasteiger partial charge is 0.342 e. The Bertz CT molecular complexity index is 949. The first kappa shape index (κ1) is 16.0. The fourth-order valence-corrected chi connectivity index (χ4v) is 2.60. The fourth-order valence-electron chi connectivity index (χ4n) is 2.60. The van der Waals surface area contributed by atoms with E-state index in [1.165, 1.54) is 7.11 Å². The Hall–Kier alpha value is -3.48. The Morgan fingerprint density at radius 2 is 1.96 bits per heavy atom. The van der Waals surface area contributed by atoms with Crippen LogP contribution in [0.25, 0.3) is 11.3 Å². The number of hydrogen-bond donors (Lipinski definition) is 0. The Morgan fingerprint density at radius 1 is 1.12 bits per heavy atom. The van der Waals surface area contributed by atoms with Crippen LogP contribution in [-0.4, -0.2) is 25.0 Å². The van der Waals surface area contributed by atoms with Crippen molar-refractivity contribution < 1.29 is 28.3 Å². The number of methoxy groups -OCH3 is 1. The molecule has 0 spiro atoms. The summed E-state index contributed by atoms with van der Waals surface area (Å²) in [5, 5.41) is 3.94. The summed E-state index contributed by atoms with van der Waals surface area (Å²) >= 11 is 0. The first-order chi connectivity index (χ1) is 12.7. The summed E-state index contributed by atoms with van der Waals surface area (Å²) in [6.45, 7) is 0.199. The van der Waals surface area contributed by atoms with E-state index in [9.17, 15) is 4.79 Å². The number of carbonyl (C=O) groups excluding carboxylic acids is 1. The molecule has 2 heterocycles. The van der Waals surface area contributed by atoms with Gasteiger partial charge >= 0.3 is 5.97 Å². The van der Waals surface area contributed by atoms with Crippen LogP contribution in [0.15, 0.2) is 53.1 Å². The SMILES string of the molecule is COc1ccccc1C(=O)OCc1cc(-c2ccc3c(c2)OCO3)on1. The second-order valence-corrected chi connectivity index (χ2v) is 5.53. The highest BCUT2D eigenvalue weighted by atomic mass is 16.7. The van der Waals surface area contributed by atoms with Gasteiger partial charge in [0.25, 0.3) is 0 Å². The van der Waals surface area contributed by atoms with Crippen molar-refractivity contribution in [3.05, 3.63) is 59.8 Å². The first-order valence-electron chi connectivity index (χ1n) is 7.90. The van der Waals surface area contributed by atoms with Crippen LogP contribution in [0, 0.1) is 0 Å². The molecule has 3 aromatic rings. The zero-order valence-electron chi connectivity index (χ0n) is 13.9. The van der Waals surface area contributed by atoms with Gasteiger partial charge < -0.3 is 23.5 Å². The van der Waals surface area contributed by atoms with Gasteiger partial charge in [0.2, 0.25) is 6.79 Å². The zero-order valence-corrected chi connectivity index (χ0v) is 13.9. The molecule has 0 atom stereocenters. The molecule has 4 rings (SSSR count). The van der Waals surface area contributed by atoms with Gasteiger partial charge in [0.15, 0.2) is 17.3 Å². The minimum Gasteiger partial charge on any atom is -0.496 e. The summed E-state index contributed by atoms with van der Waals surface area (Å²) in [4.78, 5) is 12.2. The van der Waals surface area contributed by atoms with Crippen LogP contribution >= 0.6 is 0 Å². The number of benzene rings is 2. The normalized spacial score (nSPS) is 12.0. The van der Waals surface area contributed by atoms with Crippen molar-refractivity contribution in [3.63, 3.8) is 0 Å². The lowest BCUT2D eigenvalue weighted by molar-refractivity contribution is 0.0460. The predicted molar refractivity (Wildman–Crippen MR) is 90.2 cm³/mol. The van der Waals surface area contributed by atoms with Crippen LogP contribution in [0.3, 0.4) is 0 Å². The van der Waals surface area contributed by atoms with Crippen molar-refractivity contribution in [2.45, 2.75) is 6.61 Å². The molecule has 0 amide bonds. The average molecular weight is 353 g/mol. The molecule has 7 nitrogen and oxygen atoms in total. The lowest BCUT2D eigenvalue weighted by Crippen LogP contribution is -2.07. The standard InChI is InChI=1S/C19H15NO6/c1-22-15-5-3-2-4-14(15)19(21)23-10-13-9-17(26-20-13)12-6-7-16-18(8-12)25-11-24-16/h2-9H,10-11H2,1H3. The van der Waals surface area contributed by atoms with Crippen molar-refractivity contribution >= 4 is 5.97 Å². The molecule has 1 aliphatic heterocycles. The van der Waals surface area contributed by atoms with E-state index in [1.807, 2.05) is 18.2 Å². The van der Waals surface area contributed by atoms with E-state index < -0.39 is 5.97 Å². The molecule has 0 radical (unpaired) electrons. The topological polar surface area (TPSA) is 80.0 Å². The highest BCUT2D eigenvalue weighted by Gasteiger charge is 2.17. The Balaban J connectivity index is 1.45. The number of esters is 1. The van der Waals surface area contributed by atoms with E-state index in [0.717, 1.165) is 5.56 Å². The molecule has 1 aliphatic rings. The van der Waals surface area contributed by atoms with E-state index in [-0.39, 0.29) is 13.4 Å². The van der Waals surface area contributed by atoms with Crippen molar-refractivity contribution in [1.29, 1.82) is 0 Å². The molecule has 2 aromatic carbocycles. The molecule has 0 N–H and O–H groups in total. The number of aromatic nitrogens is 1. The van der Waals surface area contributed by atoms with Gasteiger partial charge in [-0.15, -0.1) is 0 Å². The molecule has 26 heavy (non-hydrogen) atoms. The minimum absolute atomic E-state index is 0.00899. The van der Waals surface area contributed by atoms with Gasteiger partial charge in [0.1, 0.15) is 23.6 Å². The van der Waals surface area contributed by atoms with Crippen molar-refractivity contribution in [1.82, 2.24) is 5.16 Å². The number of rotatable bonds is 5. The highest BCUT2D eigenvalue weighted by Crippen LogP contribution is 2.36. The minimum atomic E-state index is -0.491. The van der Waals surface area contributed by atoms with Gasteiger partial charge in [0, 0.05) is 11.6 Å². The van der Waals surface area contributed by atoms with Crippen LogP contribution in [0.5, 0.6) is 17.2 Å². The summed E-state index contributed by atoms with van der Waals surface area (Å²) in [7, 11) is 1.50. The molecule has 0 fully saturated rings. The quantitative estimate of drug-likeness (QED) is 0.650. The van der Waals surface area contributed by atoms with Gasteiger partial charge in [-0.05, 0) is 30.3 Å². The molecule has 0 bridgehead atoms. The predicted octanol–water partition coefficient (Wildman–Crippen LogP) is 3.44. The van der Waals surface area contributed by atoms with Crippen LogP contribution in [0.1, 0.15) is 16.1 Å². The molecule has 0 saturated heterocycles. The summed E-state index contributed by atoms with van der Waals surface area (Å²) in [5.41, 5.74) is 1.65. The third-order valence-electron chi connectivity index (χ3n) is 3.89. The first-order valence-corrected chi connectivity index (χ1v) is 7.90. The molecular weight excluding hydrogens is 338 g/mol. The third kappa shape index (κ3) is 3.06. The summed E-state index contributed by atoms with van der Waals surface area (Å²) in [6.07, 6.45) is 0. The van der Waals surface area contributed by atoms with Crippen LogP contribution in [-0.2, 0) is 11.3 Å². The zero-order chi connectivity index (χ0) is 17.9. The fraction of sp³-hybridized carbons (Fsp3) is 0.158. The molecular formula is C19H15NO6. The molecule has 1 aromatic heterocycles. The van der Waals surface area contributed by atoms with E-state index >= 15 is 0 Å². The molecule has 7 heteroatoms. The number of nitrogens with zero attached hydrogens (tertiary/aromatic N) is 1. The molecule has 0 aliphatic carbocycles. The Kier molecular flexibility index (Phi) is 4.18. The number of ether oxygens (including phenoxy) is 4. The van der Waals surface area contributed by atoms with Crippen LogP contribution in [0.4, 0.5) is 0 Å². The molecule has 0 saturated carbocycles. The van der Waals surface area contributed by atoms with Crippen LogP contribution < -0.4 is 14.2 Å². The maximum atomic E-state index is 12.2. The maximum Gasteiger partial charge on any atom is 0.342 e. The van der Waals surface area contributed by atoms with Crippen molar-refractivity contribution in [2.24, 2.45) is 0 Å². The summed E-state index contributed by atoms with van der Waals surface area (Å²) in [6, 6.07) is 14.0. The van der Waals surface area contributed by atoms with Gasteiger partial charge in [0.05, 0.1) is 7.11 Å². The summed E-state index contributed by atoms with van der Waals surface area (Å²) < 4.78 is 26.4. The number of para-hydroxylation sites is 1. The lowest BCUT2D eigenvalue weighted by Gasteiger charge is -2.07. The Morgan fingerprint density at radius 3 is 2.85 bits per heavy atom. The second kappa shape index (κ2) is 6.79. The van der Waals surface area contributed by atoms with Gasteiger partial charge in [-0.2, -0.15) is 0 Å². The van der Waals surface area contributed by atoms with Crippen molar-refractivity contribution in [3.8, 4) is 28.6 Å². The van der Waals surface area contributed by atoms with Gasteiger partial charge in [-0.1, -0.05) is 17.3 Å². The maximum absolute atomic E-state index is 12.2. The van der Waals surface area contributed by atoms with E-state index in [1.54, 1.807) is 30.3 Å². The summed E-state index contributed by atoms with van der Waals surface area (Å²) in [5.74, 6) is 1.86. The number of carbonyl (C=O) groups is 1. The molecule has 0 unspecified atom stereocenters. The highest BCUT2D eigenvalue weighted by molar-refractivity contribution is 5.92. The van der Waals surface area contributed by atoms with Crippen LogP contribution in [0.2, 0.25) is 0 Å². The van der Waals surface area contributed by atoms with E-state index in [2.05, 4.69) is 5.16 Å². The number of fused-ring (bicyclic) bond motifs is 1. The molecule has 132 valence electrons. The van der Waals surface area contributed by atoms with Crippen molar-refractivity contribution in [2.75, 3.05) is 13.9 Å². The van der Waals surface area contributed by atoms with E-state index in [4.69, 9.17) is 23.5 Å². The lowest BCUT2D eigenvalue weighted by atomic mass is 10.1. The largest absolute Gasteiger partial charge is 0.496 e. The second-order valence-electron chi connectivity index (χ2n) is 5.53. The average Bonchev–Trinajstić information content (AvgIpc) is 3.34. The van der Waals surface area contributed by atoms with E-state index in [0.29, 0.717) is 34.3 Å². The van der Waals surface area contributed by atoms with Gasteiger partial charge in [-0.25, -0.2) is 4.79 Å². The Labute approximate surface area is 149 Å².